The number of nitrogens with zero attached hydrogens (tertiary/aromatic N) is 4. The number of nitrogens with one attached hydrogen (secondary N) is 1. The standard InChI is InChI=1S/C31H25N5O2S2/c1-2-3-17-38-30(37)22-11-9-21(10-12-22)23(20-32)18-27-19-28-29(39-27)34-31(40-28)36-35-26-15-13-25(14-16-26)33-24-7-5-4-6-8-24/h4-16,18-19,33H,2-3,17H2,1H3/b23-18+,36-35?. The van der Waals surface area contributed by atoms with Gasteiger partial charge in [0.15, 0.2) is 0 Å². The Kier molecular flexibility index (Phi) is 8.71. The molecule has 0 aliphatic rings. The summed E-state index contributed by atoms with van der Waals surface area (Å²) in [6.07, 6.45) is 3.63. The molecule has 0 fully saturated rings. The van der Waals surface area contributed by atoms with Crippen LogP contribution in [-0.4, -0.2) is 17.6 Å². The highest BCUT2D eigenvalue weighted by atomic mass is 32.1. The minimum absolute atomic E-state index is 0.350. The number of hydrogen-bond acceptors (Lipinski definition) is 9. The Hall–Kier alpha value is -4.65. The Morgan fingerprint density at radius 3 is 2.40 bits per heavy atom. The number of nitriles is 1. The van der Waals surface area contributed by atoms with Crippen LogP contribution < -0.4 is 5.32 Å². The lowest BCUT2D eigenvalue weighted by molar-refractivity contribution is 0.0499. The molecule has 0 spiro atoms. The number of carbonyl (C=O) groups excluding carboxylic acids is 1. The van der Waals surface area contributed by atoms with E-state index in [0.717, 1.165) is 49.9 Å². The Morgan fingerprint density at radius 1 is 0.975 bits per heavy atom. The lowest BCUT2D eigenvalue weighted by Crippen LogP contribution is -2.06. The summed E-state index contributed by atoms with van der Waals surface area (Å²) in [5.41, 5.74) is 4.44. The third-order valence-electron chi connectivity index (χ3n) is 5.85. The predicted octanol–water partition coefficient (Wildman–Crippen LogP) is 9.54. The Labute approximate surface area is 240 Å². The smallest absolute Gasteiger partial charge is 0.338 e. The van der Waals surface area contributed by atoms with Crippen molar-refractivity contribution in [2.45, 2.75) is 19.8 Å². The molecule has 0 amide bonds. The number of benzene rings is 3. The van der Waals surface area contributed by atoms with Gasteiger partial charge < -0.3 is 10.1 Å². The molecule has 0 aliphatic carbocycles. The van der Waals surface area contributed by atoms with E-state index in [9.17, 15) is 10.1 Å². The largest absolute Gasteiger partial charge is 0.462 e. The molecule has 3 aromatic carbocycles. The molecule has 0 aliphatic heterocycles. The highest BCUT2D eigenvalue weighted by Crippen LogP contribution is 2.36. The van der Waals surface area contributed by atoms with Crippen molar-refractivity contribution in [3.05, 3.63) is 101 Å². The Morgan fingerprint density at radius 2 is 1.70 bits per heavy atom. The number of unbranched alkanes of at least 4 members (excludes halogenated alkanes) is 1. The maximum Gasteiger partial charge on any atom is 0.338 e. The number of anilines is 2. The molecule has 0 radical (unpaired) electrons. The second kappa shape index (κ2) is 12.9. The first-order valence-corrected chi connectivity index (χ1v) is 14.4. The summed E-state index contributed by atoms with van der Waals surface area (Å²) >= 11 is 2.94. The topological polar surface area (TPSA) is 99.7 Å². The fraction of sp³-hybridized carbons (Fsp3) is 0.129. The van der Waals surface area contributed by atoms with Crippen LogP contribution in [0.25, 0.3) is 21.2 Å². The average molecular weight is 564 g/mol. The summed E-state index contributed by atoms with van der Waals surface area (Å²) in [7, 11) is 0. The average Bonchev–Trinajstić information content (AvgIpc) is 3.55. The molecular weight excluding hydrogens is 539 g/mol. The van der Waals surface area contributed by atoms with Gasteiger partial charge in [-0.15, -0.1) is 21.6 Å². The number of fused-ring (bicyclic) bond motifs is 1. The van der Waals surface area contributed by atoms with Crippen molar-refractivity contribution in [3.63, 3.8) is 0 Å². The first-order valence-electron chi connectivity index (χ1n) is 12.7. The van der Waals surface area contributed by atoms with Crippen molar-refractivity contribution in [2.75, 3.05) is 11.9 Å². The van der Waals surface area contributed by atoms with E-state index in [1.54, 1.807) is 24.3 Å². The normalized spacial score (nSPS) is 11.6. The van der Waals surface area contributed by atoms with Gasteiger partial charge in [-0.1, -0.05) is 55.0 Å². The molecule has 5 rings (SSSR count). The highest BCUT2D eigenvalue weighted by Gasteiger charge is 2.11. The number of hydrogen-bond donors (Lipinski definition) is 1. The molecule has 2 heterocycles. The van der Waals surface area contributed by atoms with Crippen molar-refractivity contribution in [3.8, 4) is 6.07 Å². The van der Waals surface area contributed by atoms with Crippen molar-refractivity contribution in [1.29, 1.82) is 5.26 Å². The lowest BCUT2D eigenvalue weighted by atomic mass is 10.0. The monoisotopic (exact) mass is 563 g/mol. The summed E-state index contributed by atoms with van der Waals surface area (Å²) in [6, 6.07) is 28.9. The minimum Gasteiger partial charge on any atom is -0.462 e. The number of azo groups is 1. The molecule has 198 valence electrons. The van der Waals surface area contributed by atoms with Crippen molar-refractivity contribution < 1.29 is 9.53 Å². The van der Waals surface area contributed by atoms with E-state index >= 15 is 0 Å². The summed E-state index contributed by atoms with van der Waals surface area (Å²) in [4.78, 5) is 18.5. The molecule has 2 aromatic heterocycles. The van der Waals surface area contributed by atoms with Gasteiger partial charge in [0.25, 0.3) is 0 Å². The molecule has 0 atom stereocenters. The first-order chi connectivity index (χ1) is 19.6. The molecule has 7 nitrogen and oxygen atoms in total. The van der Waals surface area contributed by atoms with Gasteiger partial charge in [0.05, 0.1) is 34.2 Å². The van der Waals surface area contributed by atoms with Crippen LogP contribution >= 0.6 is 22.7 Å². The van der Waals surface area contributed by atoms with Crippen molar-refractivity contribution >= 4 is 72.0 Å². The van der Waals surface area contributed by atoms with Crippen LogP contribution in [0.5, 0.6) is 0 Å². The lowest BCUT2D eigenvalue weighted by Gasteiger charge is -2.05. The van der Waals surface area contributed by atoms with E-state index in [0.29, 0.717) is 22.9 Å². The van der Waals surface area contributed by atoms with Crippen molar-refractivity contribution in [1.82, 2.24) is 4.98 Å². The van der Waals surface area contributed by atoms with Crippen LogP contribution in [0.15, 0.2) is 95.2 Å². The second-order valence-electron chi connectivity index (χ2n) is 8.79. The minimum atomic E-state index is -0.350. The van der Waals surface area contributed by atoms with Gasteiger partial charge in [0, 0.05) is 16.3 Å². The molecule has 0 saturated carbocycles. The fourth-order valence-corrected chi connectivity index (χ4v) is 5.74. The number of carbonyl (C=O) groups is 1. The van der Waals surface area contributed by atoms with Crippen LogP contribution in [0.4, 0.5) is 22.2 Å². The van der Waals surface area contributed by atoms with Gasteiger partial charge in [-0.2, -0.15) is 5.26 Å². The van der Waals surface area contributed by atoms with Crippen molar-refractivity contribution in [2.24, 2.45) is 10.2 Å². The van der Waals surface area contributed by atoms with Gasteiger partial charge in [0.2, 0.25) is 5.13 Å². The van der Waals surface area contributed by atoms with E-state index in [4.69, 9.17) is 4.74 Å². The zero-order chi connectivity index (χ0) is 27.7. The van der Waals surface area contributed by atoms with E-state index in [1.807, 2.05) is 73.7 Å². The SMILES string of the molecule is CCCCOC(=O)c1ccc(/C(C#N)=C/c2cc3sc(N=Nc4ccc(Nc5ccccc5)cc4)nc3s2)cc1. The van der Waals surface area contributed by atoms with E-state index in [-0.39, 0.29) is 5.97 Å². The number of para-hydroxylation sites is 1. The number of allylic oxidation sites excluding steroid dienone is 1. The molecular formula is C31H25N5O2S2. The first kappa shape index (κ1) is 26.9. The quantitative estimate of drug-likeness (QED) is 0.0789. The molecule has 0 unspecified atom stereocenters. The Balaban J connectivity index is 1.23. The van der Waals surface area contributed by atoms with Crippen LogP contribution in [0.2, 0.25) is 0 Å². The molecule has 9 heteroatoms. The van der Waals surface area contributed by atoms with Gasteiger partial charge in [0.1, 0.15) is 4.83 Å². The summed E-state index contributed by atoms with van der Waals surface area (Å²) in [5.74, 6) is -0.350. The molecule has 0 bridgehead atoms. The summed E-state index contributed by atoms with van der Waals surface area (Å²) < 4.78 is 6.23. The molecule has 5 aromatic rings. The van der Waals surface area contributed by atoms with Gasteiger partial charge in [-0.05, 0) is 72.7 Å². The Bertz CT molecular complexity index is 1670. The molecule has 40 heavy (non-hydrogen) atoms. The zero-order valence-corrected chi connectivity index (χ0v) is 23.3. The van der Waals surface area contributed by atoms with Crippen LogP contribution in [0.1, 0.15) is 40.6 Å². The van der Waals surface area contributed by atoms with Crippen LogP contribution in [0.3, 0.4) is 0 Å². The van der Waals surface area contributed by atoms with E-state index < -0.39 is 0 Å². The number of ether oxygens (including phenoxy) is 1. The highest BCUT2D eigenvalue weighted by molar-refractivity contribution is 7.29. The molecule has 1 N–H and O–H groups in total. The maximum atomic E-state index is 12.1. The van der Waals surface area contributed by atoms with Crippen LogP contribution in [-0.2, 0) is 4.74 Å². The van der Waals surface area contributed by atoms with E-state index in [2.05, 4.69) is 26.6 Å². The summed E-state index contributed by atoms with van der Waals surface area (Å²) in [5, 5.41) is 22.3. The van der Waals surface area contributed by atoms with Crippen LogP contribution in [0, 0.1) is 11.3 Å². The van der Waals surface area contributed by atoms with Gasteiger partial charge in [-0.25, -0.2) is 9.78 Å². The zero-order valence-electron chi connectivity index (χ0n) is 21.7. The number of esters is 1. The van der Waals surface area contributed by atoms with Gasteiger partial charge >= 0.3 is 5.97 Å². The van der Waals surface area contributed by atoms with Gasteiger partial charge in [-0.3, -0.25) is 0 Å². The third-order valence-corrected chi connectivity index (χ3v) is 7.84. The summed E-state index contributed by atoms with van der Waals surface area (Å²) in [6.45, 7) is 2.45. The number of aromatic nitrogens is 1. The fourth-order valence-electron chi connectivity index (χ4n) is 3.76. The maximum absolute atomic E-state index is 12.1. The van der Waals surface area contributed by atoms with E-state index in [1.165, 1.54) is 22.7 Å². The second-order valence-corrected chi connectivity index (χ2v) is 10.9. The predicted molar refractivity (Wildman–Crippen MR) is 163 cm³/mol. The number of rotatable bonds is 10. The third kappa shape index (κ3) is 6.86. The number of thiazole rings is 1. The number of thiophene rings is 1. The molecule has 0 saturated heterocycles.